The van der Waals surface area contributed by atoms with Gasteiger partial charge in [-0.3, -0.25) is 0 Å². The molecular formula is C9H18ClNO2. The number of rotatable bonds is 3. The summed E-state index contributed by atoms with van der Waals surface area (Å²) < 4.78 is 4.85. The van der Waals surface area contributed by atoms with E-state index in [9.17, 15) is 4.79 Å². The molecule has 0 aromatic carbocycles. The van der Waals surface area contributed by atoms with E-state index in [1.807, 2.05) is 13.8 Å². The van der Waals surface area contributed by atoms with E-state index in [0.717, 1.165) is 0 Å². The summed E-state index contributed by atoms with van der Waals surface area (Å²) in [6.45, 7) is 7.72. The Morgan fingerprint density at radius 2 is 1.92 bits per heavy atom. The number of hydrogen-bond donors (Lipinski definition) is 1. The Labute approximate surface area is 85.7 Å². The molecule has 4 heteroatoms. The lowest BCUT2D eigenvalue weighted by Crippen LogP contribution is -2.16. The van der Waals surface area contributed by atoms with Gasteiger partial charge in [0.15, 0.2) is 0 Å². The minimum atomic E-state index is -0.299. The van der Waals surface area contributed by atoms with E-state index >= 15 is 0 Å². The van der Waals surface area contributed by atoms with E-state index < -0.39 is 0 Å². The highest BCUT2D eigenvalue weighted by Gasteiger charge is 2.16. The van der Waals surface area contributed by atoms with Crippen LogP contribution in [-0.2, 0) is 9.53 Å². The minimum absolute atomic E-state index is 0. The summed E-state index contributed by atoms with van der Waals surface area (Å²) >= 11 is 0. The number of hydrogen-bond acceptors (Lipinski definition) is 3. The van der Waals surface area contributed by atoms with Crippen molar-refractivity contribution in [3.05, 3.63) is 11.3 Å². The highest BCUT2D eigenvalue weighted by molar-refractivity contribution is 5.89. The molecule has 0 spiro atoms. The van der Waals surface area contributed by atoms with E-state index in [2.05, 4.69) is 0 Å². The molecule has 13 heavy (non-hydrogen) atoms. The third-order valence-electron chi connectivity index (χ3n) is 1.50. The van der Waals surface area contributed by atoms with Crippen molar-refractivity contribution in [3.63, 3.8) is 0 Å². The normalized spacial score (nSPS) is 11.8. The van der Waals surface area contributed by atoms with Gasteiger partial charge in [0, 0.05) is 5.70 Å². The average molecular weight is 208 g/mol. The van der Waals surface area contributed by atoms with Crippen molar-refractivity contribution in [2.75, 3.05) is 6.61 Å². The van der Waals surface area contributed by atoms with Crippen LogP contribution in [0.2, 0.25) is 0 Å². The van der Waals surface area contributed by atoms with Crippen LogP contribution in [0.15, 0.2) is 11.3 Å². The van der Waals surface area contributed by atoms with E-state index in [1.54, 1.807) is 13.8 Å². The first-order valence-electron chi connectivity index (χ1n) is 4.14. The Kier molecular flexibility index (Phi) is 7.72. The van der Waals surface area contributed by atoms with Gasteiger partial charge in [-0.25, -0.2) is 4.79 Å². The van der Waals surface area contributed by atoms with Crippen LogP contribution in [0.4, 0.5) is 0 Å². The van der Waals surface area contributed by atoms with Crippen LogP contribution in [-0.4, -0.2) is 12.6 Å². The fourth-order valence-corrected chi connectivity index (χ4v) is 1.06. The second-order valence-corrected chi connectivity index (χ2v) is 2.97. The lowest BCUT2D eigenvalue weighted by molar-refractivity contribution is -0.139. The van der Waals surface area contributed by atoms with Crippen LogP contribution < -0.4 is 5.73 Å². The molecule has 0 bridgehead atoms. The standard InChI is InChI=1S/C9H17NO2.ClH/c1-5-12-9(11)8(6(2)3)7(4)10;/h6H,5,10H2,1-4H3;1H. The molecule has 0 heterocycles. The van der Waals surface area contributed by atoms with E-state index in [4.69, 9.17) is 10.5 Å². The Bertz CT molecular complexity index is 196. The van der Waals surface area contributed by atoms with Gasteiger partial charge >= 0.3 is 5.97 Å². The first kappa shape index (κ1) is 14.8. The number of esters is 1. The van der Waals surface area contributed by atoms with E-state index in [-0.39, 0.29) is 24.3 Å². The lowest BCUT2D eigenvalue weighted by Gasteiger charge is -2.11. The second-order valence-electron chi connectivity index (χ2n) is 2.97. The Morgan fingerprint density at radius 3 is 2.15 bits per heavy atom. The molecule has 0 saturated heterocycles. The summed E-state index contributed by atoms with van der Waals surface area (Å²) in [4.78, 5) is 11.3. The minimum Gasteiger partial charge on any atom is -0.463 e. The van der Waals surface area contributed by atoms with Crippen molar-refractivity contribution in [2.45, 2.75) is 27.7 Å². The molecule has 0 atom stereocenters. The summed E-state index contributed by atoms with van der Waals surface area (Å²) in [5, 5.41) is 0. The van der Waals surface area contributed by atoms with Crippen LogP contribution in [0.3, 0.4) is 0 Å². The molecule has 2 N–H and O–H groups in total. The zero-order valence-corrected chi connectivity index (χ0v) is 9.40. The zero-order chi connectivity index (χ0) is 9.72. The maximum Gasteiger partial charge on any atom is 0.335 e. The van der Waals surface area contributed by atoms with Crippen LogP contribution in [0.25, 0.3) is 0 Å². The first-order chi connectivity index (χ1) is 5.50. The Morgan fingerprint density at radius 1 is 1.46 bits per heavy atom. The van der Waals surface area contributed by atoms with Crippen molar-refractivity contribution < 1.29 is 9.53 Å². The molecular weight excluding hydrogens is 190 g/mol. The molecule has 0 aliphatic heterocycles. The fraction of sp³-hybridized carbons (Fsp3) is 0.667. The van der Waals surface area contributed by atoms with E-state index in [1.165, 1.54) is 0 Å². The summed E-state index contributed by atoms with van der Waals surface area (Å²) in [7, 11) is 0. The van der Waals surface area contributed by atoms with Gasteiger partial charge in [-0.2, -0.15) is 0 Å². The van der Waals surface area contributed by atoms with E-state index in [0.29, 0.717) is 17.9 Å². The number of carbonyl (C=O) groups excluding carboxylic acids is 1. The van der Waals surface area contributed by atoms with Gasteiger partial charge in [0.25, 0.3) is 0 Å². The Balaban J connectivity index is 0. The van der Waals surface area contributed by atoms with Crippen molar-refractivity contribution in [2.24, 2.45) is 11.7 Å². The molecule has 3 nitrogen and oxygen atoms in total. The summed E-state index contributed by atoms with van der Waals surface area (Å²) in [6, 6.07) is 0. The molecule has 78 valence electrons. The third-order valence-corrected chi connectivity index (χ3v) is 1.50. The monoisotopic (exact) mass is 207 g/mol. The molecule has 0 fully saturated rings. The maximum absolute atomic E-state index is 11.3. The number of carbonyl (C=O) groups is 1. The molecule has 0 aromatic rings. The van der Waals surface area contributed by atoms with Crippen LogP contribution in [0, 0.1) is 5.92 Å². The van der Waals surface area contributed by atoms with Gasteiger partial charge in [-0.15, -0.1) is 12.4 Å². The van der Waals surface area contributed by atoms with Gasteiger partial charge in [-0.05, 0) is 19.8 Å². The van der Waals surface area contributed by atoms with Gasteiger partial charge < -0.3 is 10.5 Å². The molecule has 0 amide bonds. The highest BCUT2D eigenvalue weighted by Crippen LogP contribution is 2.13. The average Bonchev–Trinajstić information content (AvgIpc) is 1.85. The van der Waals surface area contributed by atoms with Gasteiger partial charge in [0.2, 0.25) is 0 Å². The molecule has 0 aromatic heterocycles. The number of ether oxygens (including phenoxy) is 1. The van der Waals surface area contributed by atoms with Gasteiger partial charge in [0.05, 0.1) is 12.2 Å². The largest absolute Gasteiger partial charge is 0.463 e. The smallest absolute Gasteiger partial charge is 0.335 e. The van der Waals surface area contributed by atoms with Crippen molar-refractivity contribution >= 4 is 18.4 Å². The predicted octanol–water partition coefficient (Wildman–Crippen LogP) is 1.86. The molecule has 0 saturated carbocycles. The Hall–Kier alpha value is -0.700. The number of halogens is 1. The maximum atomic E-state index is 11.3. The second kappa shape index (κ2) is 6.78. The quantitative estimate of drug-likeness (QED) is 0.568. The topological polar surface area (TPSA) is 52.3 Å². The van der Waals surface area contributed by atoms with Gasteiger partial charge in [-0.1, -0.05) is 13.8 Å². The SMILES string of the molecule is CCOC(=O)C(=C(C)N)C(C)C.Cl. The zero-order valence-electron chi connectivity index (χ0n) is 8.59. The highest BCUT2D eigenvalue weighted by atomic mass is 35.5. The molecule has 0 aliphatic carbocycles. The summed E-state index contributed by atoms with van der Waals surface area (Å²) in [5.41, 5.74) is 6.67. The number of allylic oxidation sites excluding steroid dienone is 1. The predicted molar refractivity (Wildman–Crippen MR) is 55.6 cm³/mol. The molecule has 0 radical (unpaired) electrons. The number of nitrogens with two attached hydrogens (primary N) is 1. The molecule has 0 aliphatic rings. The third kappa shape index (κ3) is 4.78. The van der Waals surface area contributed by atoms with Crippen molar-refractivity contribution in [1.29, 1.82) is 0 Å². The van der Waals surface area contributed by atoms with Crippen LogP contribution in [0.5, 0.6) is 0 Å². The van der Waals surface area contributed by atoms with Gasteiger partial charge in [0.1, 0.15) is 0 Å². The summed E-state index contributed by atoms with van der Waals surface area (Å²) in [5.74, 6) is -0.179. The van der Waals surface area contributed by atoms with Crippen LogP contribution >= 0.6 is 12.4 Å². The molecule has 0 rings (SSSR count). The lowest BCUT2D eigenvalue weighted by atomic mass is 10.0. The van der Waals surface area contributed by atoms with Crippen LogP contribution in [0.1, 0.15) is 27.7 Å². The fourth-order valence-electron chi connectivity index (χ4n) is 1.06. The molecule has 0 unspecified atom stereocenters. The summed E-state index contributed by atoms with van der Waals surface area (Å²) in [6.07, 6.45) is 0. The van der Waals surface area contributed by atoms with Crippen molar-refractivity contribution in [1.82, 2.24) is 0 Å². The first-order valence-corrected chi connectivity index (χ1v) is 4.14. The van der Waals surface area contributed by atoms with Crippen molar-refractivity contribution in [3.8, 4) is 0 Å².